The first-order chi connectivity index (χ1) is 7.63. The smallest absolute Gasteiger partial charge is 0.225 e. The summed E-state index contributed by atoms with van der Waals surface area (Å²) < 4.78 is 5.58. The zero-order valence-corrected chi connectivity index (χ0v) is 10.2. The van der Waals surface area contributed by atoms with Crippen molar-refractivity contribution in [3.05, 3.63) is 23.9 Å². The lowest BCUT2D eigenvalue weighted by Gasteiger charge is -2.09. The summed E-state index contributed by atoms with van der Waals surface area (Å²) in [5.74, 6) is 1.26. The minimum Gasteiger partial charge on any atom is -0.477 e. The molecule has 0 atom stereocenters. The quantitative estimate of drug-likeness (QED) is 0.750. The highest BCUT2D eigenvalue weighted by molar-refractivity contribution is 5.32. The van der Waals surface area contributed by atoms with Crippen molar-refractivity contribution in [1.29, 1.82) is 0 Å². The molecule has 0 bridgehead atoms. The van der Waals surface area contributed by atoms with E-state index in [1.165, 1.54) is 0 Å². The molecule has 0 spiro atoms. The molecule has 0 saturated carbocycles. The van der Waals surface area contributed by atoms with Crippen LogP contribution in [-0.4, -0.2) is 23.1 Å². The Bertz CT molecular complexity index is 363. The van der Waals surface area contributed by atoms with Gasteiger partial charge < -0.3 is 10.1 Å². The summed E-state index contributed by atoms with van der Waals surface area (Å²) in [5.41, 5.74) is 2.06. The van der Waals surface area contributed by atoms with E-state index in [2.05, 4.69) is 21.9 Å². The molecule has 0 aliphatic heterocycles. The Kier molecular flexibility index (Phi) is 4.76. The normalized spacial score (nSPS) is 9.94. The van der Waals surface area contributed by atoms with Crippen LogP contribution >= 0.6 is 0 Å². The summed E-state index contributed by atoms with van der Waals surface area (Å²) in [7, 11) is 0. The number of anilines is 1. The van der Waals surface area contributed by atoms with Gasteiger partial charge in [-0.15, -0.1) is 6.58 Å². The first kappa shape index (κ1) is 12.5. The van der Waals surface area contributed by atoms with E-state index >= 15 is 0 Å². The highest BCUT2D eigenvalue weighted by atomic mass is 16.5. The van der Waals surface area contributed by atoms with Crippen LogP contribution in [0.1, 0.15) is 25.8 Å². The predicted molar refractivity (Wildman–Crippen MR) is 65.9 cm³/mol. The first-order valence-corrected chi connectivity index (χ1v) is 5.48. The first-order valence-electron chi connectivity index (χ1n) is 5.48. The van der Waals surface area contributed by atoms with Gasteiger partial charge in [0.1, 0.15) is 0 Å². The molecule has 0 aliphatic rings. The lowest BCUT2D eigenvalue weighted by Crippen LogP contribution is -2.06. The molecule has 4 heteroatoms. The number of aryl methyl sites for hydroxylation is 1. The monoisotopic (exact) mass is 221 g/mol. The van der Waals surface area contributed by atoms with Crippen molar-refractivity contribution in [1.82, 2.24) is 9.97 Å². The molecule has 0 amide bonds. The highest BCUT2D eigenvalue weighted by Gasteiger charge is 2.04. The Hall–Kier alpha value is -1.58. The lowest BCUT2D eigenvalue weighted by atomic mass is 10.3. The van der Waals surface area contributed by atoms with Crippen LogP contribution in [0.2, 0.25) is 0 Å². The maximum atomic E-state index is 5.58. The Morgan fingerprint density at radius 3 is 2.94 bits per heavy atom. The molecule has 88 valence electrons. The molecule has 1 aromatic heterocycles. The maximum absolute atomic E-state index is 5.58. The van der Waals surface area contributed by atoms with Gasteiger partial charge in [-0.25, -0.2) is 4.98 Å². The van der Waals surface area contributed by atoms with Crippen molar-refractivity contribution in [3.8, 4) is 5.88 Å². The average molecular weight is 221 g/mol. The fraction of sp³-hybridized carbons (Fsp3) is 0.500. The molecule has 1 aromatic rings. The molecule has 0 fully saturated rings. The molecule has 0 radical (unpaired) electrons. The van der Waals surface area contributed by atoms with Crippen molar-refractivity contribution in [2.75, 3.05) is 18.5 Å². The van der Waals surface area contributed by atoms with Crippen LogP contribution < -0.4 is 10.1 Å². The van der Waals surface area contributed by atoms with E-state index < -0.39 is 0 Å². The summed E-state index contributed by atoms with van der Waals surface area (Å²) in [6.07, 6.45) is 2.61. The Balaban J connectivity index is 2.62. The predicted octanol–water partition coefficient (Wildman–Crippen LogP) is 2.56. The summed E-state index contributed by atoms with van der Waals surface area (Å²) in [4.78, 5) is 8.44. The third kappa shape index (κ3) is 3.88. The molecular weight excluding hydrogens is 202 g/mol. The second-order valence-electron chi connectivity index (χ2n) is 3.77. The third-order valence-corrected chi connectivity index (χ3v) is 2.03. The fourth-order valence-corrected chi connectivity index (χ4v) is 1.14. The van der Waals surface area contributed by atoms with Crippen molar-refractivity contribution >= 4 is 5.95 Å². The van der Waals surface area contributed by atoms with Crippen LogP contribution in [0.5, 0.6) is 5.88 Å². The number of hydrogen-bond donors (Lipinski definition) is 1. The number of rotatable bonds is 6. The number of hydrogen-bond acceptors (Lipinski definition) is 4. The van der Waals surface area contributed by atoms with Crippen molar-refractivity contribution < 1.29 is 4.74 Å². The molecule has 4 nitrogen and oxygen atoms in total. The van der Waals surface area contributed by atoms with E-state index in [-0.39, 0.29) is 0 Å². The van der Waals surface area contributed by atoms with Crippen LogP contribution in [0.4, 0.5) is 5.95 Å². The molecule has 0 saturated heterocycles. The molecule has 1 N–H and O–H groups in total. The maximum Gasteiger partial charge on any atom is 0.225 e. The Morgan fingerprint density at radius 1 is 1.56 bits per heavy atom. The average Bonchev–Trinajstić information content (AvgIpc) is 2.22. The largest absolute Gasteiger partial charge is 0.477 e. The molecule has 0 aromatic carbocycles. The van der Waals surface area contributed by atoms with Gasteiger partial charge in [0.15, 0.2) is 0 Å². The summed E-state index contributed by atoms with van der Waals surface area (Å²) in [5, 5.41) is 3.05. The molecule has 0 aliphatic carbocycles. The van der Waals surface area contributed by atoms with E-state index in [4.69, 9.17) is 4.74 Å². The lowest BCUT2D eigenvalue weighted by molar-refractivity contribution is 0.307. The molecule has 1 rings (SSSR count). The van der Waals surface area contributed by atoms with E-state index in [1.807, 2.05) is 20.8 Å². The number of aromatic nitrogens is 2. The van der Waals surface area contributed by atoms with Crippen LogP contribution in [0.15, 0.2) is 18.3 Å². The number of ether oxygens (including phenoxy) is 1. The van der Waals surface area contributed by atoms with Crippen molar-refractivity contribution in [2.24, 2.45) is 0 Å². The zero-order valence-electron chi connectivity index (χ0n) is 10.2. The van der Waals surface area contributed by atoms with Gasteiger partial charge in [0, 0.05) is 24.7 Å². The minimum atomic E-state index is 0.610. The Labute approximate surface area is 96.8 Å². The van der Waals surface area contributed by atoms with Gasteiger partial charge in [-0.3, -0.25) is 0 Å². The fourth-order valence-electron chi connectivity index (χ4n) is 1.14. The SMILES string of the molecule is C=C(C)CCOc1nc(NCC)ncc1C. The van der Waals surface area contributed by atoms with Crippen LogP contribution in [0, 0.1) is 6.92 Å². The van der Waals surface area contributed by atoms with E-state index in [0.717, 1.165) is 24.1 Å². The standard InChI is InChI=1S/C12H19N3O/c1-5-13-12-14-8-10(4)11(15-12)16-7-6-9(2)3/h8H,2,5-7H2,1,3-4H3,(H,13,14,15). The van der Waals surface area contributed by atoms with E-state index in [9.17, 15) is 0 Å². The number of nitrogens with zero attached hydrogens (tertiary/aromatic N) is 2. The topological polar surface area (TPSA) is 47.0 Å². The van der Waals surface area contributed by atoms with Crippen LogP contribution in [-0.2, 0) is 0 Å². The Morgan fingerprint density at radius 2 is 2.31 bits per heavy atom. The van der Waals surface area contributed by atoms with Gasteiger partial charge >= 0.3 is 0 Å². The van der Waals surface area contributed by atoms with Crippen molar-refractivity contribution in [2.45, 2.75) is 27.2 Å². The summed E-state index contributed by atoms with van der Waals surface area (Å²) >= 11 is 0. The third-order valence-electron chi connectivity index (χ3n) is 2.03. The van der Waals surface area contributed by atoms with Gasteiger partial charge in [-0.1, -0.05) is 5.57 Å². The summed E-state index contributed by atoms with van der Waals surface area (Å²) in [6, 6.07) is 0. The van der Waals surface area contributed by atoms with E-state index in [1.54, 1.807) is 6.20 Å². The molecule has 0 unspecified atom stereocenters. The van der Waals surface area contributed by atoms with Gasteiger partial charge in [0.05, 0.1) is 6.61 Å². The van der Waals surface area contributed by atoms with Gasteiger partial charge in [-0.2, -0.15) is 4.98 Å². The van der Waals surface area contributed by atoms with Crippen molar-refractivity contribution in [3.63, 3.8) is 0 Å². The minimum absolute atomic E-state index is 0.610. The van der Waals surface area contributed by atoms with Gasteiger partial charge in [-0.05, 0) is 20.8 Å². The molecule has 1 heterocycles. The van der Waals surface area contributed by atoms with Gasteiger partial charge in [0.2, 0.25) is 11.8 Å². The summed E-state index contributed by atoms with van der Waals surface area (Å²) in [6.45, 7) is 11.2. The molecule has 16 heavy (non-hydrogen) atoms. The molecular formula is C12H19N3O. The number of nitrogens with one attached hydrogen (secondary N) is 1. The van der Waals surface area contributed by atoms with Crippen LogP contribution in [0.25, 0.3) is 0 Å². The zero-order chi connectivity index (χ0) is 12.0. The van der Waals surface area contributed by atoms with Crippen LogP contribution in [0.3, 0.4) is 0 Å². The second kappa shape index (κ2) is 6.10. The van der Waals surface area contributed by atoms with E-state index in [0.29, 0.717) is 18.4 Å². The van der Waals surface area contributed by atoms with Gasteiger partial charge in [0.25, 0.3) is 0 Å². The second-order valence-corrected chi connectivity index (χ2v) is 3.77. The highest BCUT2D eigenvalue weighted by Crippen LogP contribution is 2.15.